The van der Waals surface area contributed by atoms with Gasteiger partial charge in [-0.05, 0) is 72.7 Å². The molecule has 6 nitrogen and oxygen atoms in total. The Morgan fingerprint density at radius 3 is 2.70 bits per heavy atom. The van der Waals surface area contributed by atoms with E-state index in [1.807, 2.05) is 14.1 Å². The van der Waals surface area contributed by atoms with Crippen LogP contribution in [-0.2, 0) is 12.8 Å². The number of nitrogens with zero attached hydrogens (tertiary/aromatic N) is 2. The summed E-state index contributed by atoms with van der Waals surface area (Å²) in [4.78, 5) is 18.2. The minimum atomic E-state index is -0.673. The van der Waals surface area contributed by atoms with E-state index in [0.717, 1.165) is 35.9 Å². The summed E-state index contributed by atoms with van der Waals surface area (Å²) in [7, 11) is 4.09. The van der Waals surface area contributed by atoms with Crippen LogP contribution in [0.4, 0.5) is 8.78 Å². The third-order valence-corrected chi connectivity index (χ3v) is 5.75. The van der Waals surface area contributed by atoms with Gasteiger partial charge in [0.05, 0.1) is 0 Å². The molecule has 0 radical (unpaired) electrons. The normalized spacial score (nSPS) is 15.9. The summed E-state index contributed by atoms with van der Waals surface area (Å²) in [5, 5.41) is 12.5. The zero-order valence-electron chi connectivity index (χ0n) is 19.6. The molecule has 0 fully saturated rings. The van der Waals surface area contributed by atoms with Crippen molar-refractivity contribution in [3.63, 3.8) is 0 Å². The Morgan fingerprint density at radius 2 is 2.03 bits per heavy atom. The molecule has 1 aliphatic rings. The van der Waals surface area contributed by atoms with Gasteiger partial charge in [0.25, 0.3) is 5.91 Å². The number of benzene rings is 1. The summed E-state index contributed by atoms with van der Waals surface area (Å²) in [5.41, 5.74) is 5.08. The molecule has 178 valence electrons. The second-order valence-electron chi connectivity index (χ2n) is 9.77. The lowest BCUT2D eigenvalue weighted by Crippen LogP contribution is -2.38. The Hall–Kier alpha value is -2.68. The number of rotatable bonds is 9. The number of nitrogens with one attached hydrogen (secondary N) is 2. The minimum absolute atomic E-state index is 0.00312. The molecule has 0 aliphatic heterocycles. The fourth-order valence-electron chi connectivity index (χ4n) is 4.54. The molecule has 1 aliphatic carbocycles. The maximum Gasteiger partial charge on any atom is 0.293 e. The molecule has 33 heavy (non-hydrogen) atoms. The lowest BCUT2D eigenvalue weighted by atomic mass is 9.82. The van der Waals surface area contributed by atoms with Crippen LogP contribution in [-0.4, -0.2) is 54.7 Å². The zero-order chi connectivity index (χ0) is 24.2. The molecular weight excluding hydrogens is 426 g/mol. The largest absolute Gasteiger partial charge is 0.312 e. The summed E-state index contributed by atoms with van der Waals surface area (Å²) in [5.74, 6) is -1.81. The number of pyridine rings is 1. The van der Waals surface area contributed by atoms with Gasteiger partial charge < -0.3 is 10.2 Å². The number of hydroxylamine groups is 1. The standard InChI is InChI=1S/C25H32F2N4O2/c1-25(2,15-31(3)4)14-28-12-18-8-16(7-17-5-6-20(26)10-22(17)27)9-19-13-29-23(11-21(18)19)24(32)30-33/h5-6,8,10-11,13,16,28,33H,7,9,12,14-15H2,1-4H3,(H,30,32). The van der Waals surface area contributed by atoms with Crippen molar-refractivity contribution >= 4 is 11.5 Å². The fourth-order valence-corrected chi connectivity index (χ4v) is 4.54. The first-order chi connectivity index (χ1) is 15.6. The Bertz CT molecular complexity index is 1040. The van der Waals surface area contributed by atoms with Crippen molar-refractivity contribution in [3.8, 4) is 0 Å². The monoisotopic (exact) mass is 458 g/mol. The molecule has 1 aromatic carbocycles. The highest BCUT2D eigenvalue weighted by atomic mass is 19.1. The topological polar surface area (TPSA) is 77.5 Å². The average Bonchev–Trinajstić information content (AvgIpc) is 2.73. The van der Waals surface area contributed by atoms with Crippen LogP contribution in [0.3, 0.4) is 0 Å². The van der Waals surface area contributed by atoms with Crippen LogP contribution in [0.1, 0.15) is 41.0 Å². The van der Waals surface area contributed by atoms with E-state index in [1.54, 1.807) is 17.7 Å². The highest BCUT2D eigenvalue weighted by molar-refractivity contribution is 5.92. The zero-order valence-corrected chi connectivity index (χ0v) is 19.6. The molecular formula is C25H32F2N4O2. The first kappa shape index (κ1) is 25.0. The summed E-state index contributed by atoms with van der Waals surface area (Å²) in [6.07, 6.45) is 4.78. The van der Waals surface area contributed by atoms with Crippen LogP contribution in [0.2, 0.25) is 0 Å². The molecule has 0 saturated carbocycles. The summed E-state index contributed by atoms with van der Waals surface area (Å²) in [6, 6.07) is 5.35. The van der Waals surface area contributed by atoms with E-state index < -0.39 is 17.5 Å². The predicted molar refractivity (Wildman–Crippen MR) is 124 cm³/mol. The maximum absolute atomic E-state index is 14.3. The number of amides is 1. The van der Waals surface area contributed by atoms with E-state index >= 15 is 0 Å². The van der Waals surface area contributed by atoms with Crippen LogP contribution < -0.4 is 10.8 Å². The third-order valence-electron chi connectivity index (χ3n) is 5.75. The molecule has 1 heterocycles. The van der Waals surface area contributed by atoms with Crippen LogP contribution in [0.5, 0.6) is 0 Å². The van der Waals surface area contributed by atoms with Gasteiger partial charge in [-0.1, -0.05) is 26.0 Å². The molecule has 1 aromatic heterocycles. The first-order valence-corrected chi connectivity index (χ1v) is 11.0. The van der Waals surface area contributed by atoms with Gasteiger partial charge in [0.2, 0.25) is 0 Å². The first-order valence-electron chi connectivity index (χ1n) is 11.0. The van der Waals surface area contributed by atoms with Gasteiger partial charge >= 0.3 is 0 Å². The van der Waals surface area contributed by atoms with E-state index in [2.05, 4.69) is 35.1 Å². The number of carbonyl (C=O) groups excluding carboxylic acids is 1. The number of halogens is 2. The van der Waals surface area contributed by atoms with E-state index in [0.29, 0.717) is 24.9 Å². The molecule has 0 saturated heterocycles. The quantitative estimate of drug-likeness (QED) is 0.396. The van der Waals surface area contributed by atoms with Gasteiger partial charge in [0.15, 0.2) is 0 Å². The Morgan fingerprint density at radius 1 is 1.27 bits per heavy atom. The molecule has 0 bridgehead atoms. The van der Waals surface area contributed by atoms with Gasteiger partial charge in [-0.25, -0.2) is 14.3 Å². The van der Waals surface area contributed by atoms with Gasteiger partial charge in [-0.3, -0.25) is 15.0 Å². The summed E-state index contributed by atoms with van der Waals surface area (Å²) >= 11 is 0. The second kappa shape index (κ2) is 10.5. The van der Waals surface area contributed by atoms with E-state index in [9.17, 15) is 13.6 Å². The maximum atomic E-state index is 14.3. The molecule has 3 rings (SSSR count). The number of hydrogen-bond acceptors (Lipinski definition) is 5. The van der Waals surface area contributed by atoms with Gasteiger partial charge in [0, 0.05) is 31.9 Å². The van der Waals surface area contributed by atoms with E-state index in [1.165, 1.54) is 12.1 Å². The number of fused-ring (bicyclic) bond motifs is 1. The molecule has 1 amide bonds. The van der Waals surface area contributed by atoms with Crippen molar-refractivity contribution < 1.29 is 18.8 Å². The van der Waals surface area contributed by atoms with Crippen LogP contribution in [0.15, 0.2) is 36.5 Å². The Labute approximate surface area is 193 Å². The van der Waals surface area contributed by atoms with Crippen molar-refractivity contribution in [3.05, 3.63) is 70.6 Å². The lowest BCUT2D eigenvalue weighted by molar-refractivity contribution is 0.0700. The van der Waals surface area contributed by atoms with Crippen molar-refractivity contribution in [2.24, 2.45) is 11.3 Å². The Kier molecular flexibility index (Phi) is 7.94. The van der Waals surface area contributed by atoms with Gasteiger partial charge in [-0.2, -0.15) is 0 Å². The average molecular weight is 459 g/mol. The number of aromatic nitrogens is 1. The lowest BCUT2D eigenvalue weighted by Gasteiger charge is -2.30. The van der Waals surface area contributed by atoms with Crippen molar-refractivity contribution in [1.82, 2.24) is 20.7 Å². The van der Waals surface area contributed by atoms with Crippen molar-refractivity contribution in [1.29, 1.82) is 0 Å². The fraction of sp³-hybridized carbons (Fsp3) is 0.440. The van der Waals surface area contributed by atoms with Crippen LogP contribution >= 0.6 is 0 Å². The molecule has 2 aromatic rings. The van der Waals surface area contributed by atoms with Crippen molar-refractivity contribution in [2.75, 3.05) is 33.7 Å². The number of carbonyl (C=O) groups is 1. The number of hydrogen-bond donors (Lipinski definition) is 3. The summed E-state index contributed by atoms with van der Waals surface area (Å²) in [6.45, 7) is 6.65. The molecule has 1 atom stereocenters. The molecule has 3 N–H and O–H groups in total. The van der Waals surface area contributed by atoms with Crippen LogP contribution in [0.25, 0.3) is 5.57 Å². The van der Waals surface area contributed by atoms with E-state index in [4.69, 9.17) is 5.21 Å². The highest BCUT2D eigenvalue weighted by Gasteiger charge is 2.24. The summed E-state index contributed by atoms with van der Waals surface area (Å²) < 4.78 is 27.6. The van der Waals surface area contributed by atoms with Crippen molar-refractivity contribution in [2.45, 2.75) is 26.7 Å². The van der Waals surface area contributed by atoms with E-state index in [-0.39, 0.29) is 17.0 Å². The number of allylic oxidation sites excluding steroid dienone is 1. The molecule has 1 unspecified atom stereocenters. The highest BCUT2D eigenvalue weighted by Crippen LogP contribution is 2.32. The second-order valence-corrected chi connectivity index (χ2v) is 9.77. The van der Waals surface area contributed by atoms with Crippen LogP contribution in [0, 0.1) is 23.0 Å². The molecule has 8 heteroatoms. The SMILES string of the molecule is CN(C)CC(C)(C)CNCC1=CC(Cc2ccc(F)cc2F)Cc2cnc(C(=O)NO)cc21. The van der Waals surface area contributed by atoms with Gasteiger partial charge in [0.1, 0.15) is 17.3 Å². The Balaban J connectivity index is 1.85. The smallest absolute Gasteiger partial charge is 0.293 e. The van der Waals surface area contributed by atoms with Gasteiger partial charge in [-0.15, -0.1) is 0 Å². The minimum Gasteiger partial charge on any atom is -0.312 e. The predicted octanol–water partition coefficient (Wildman–Crippen LogP) is 3.45. The third kappa shape index (κ3) is 6.66. The molecule has 0 spiro atoms.